The molecule has 4 bridgehead atoms. The normalized spacial score (nSPS) is 30.5. The molecular formula is C32H30N6O6. The Hall–Kier alpha value is -4.74. The first kappa shape index (κ1) is 25.7. The topological polar surface area (TPSA) is 133 Å². The van der Waals surface area contributed by atoms with Gasteiger partial charge in [-0.3, -0.25) is 9.59 Å². The summed E-state index contributed by atoms with van der Waals surface area (Å²) in [5, 5.41) is 9.39. The molecule has 44 heavy (non-hydrogen) atoms. The van der Waals surface area contributed by atoms with Crippen LogP contribution in [0.4, 0.5) is 21.2 Å². The highest BCUT2D eigenvalue weighted by Gasteiger charge is 2.58. The van der Waals surface area contributed by atoms with Crippen molar-refractivity contribution >= 4 is 57.5 Å². The lowest BCUT2D eigenvalue weighted by atomic mass is 9.75. The number of para-hydroxylation sites is 2. The summed E-state index contributed by atoms with van der Waals surface area (Å²) >= 11 is 0. The molecule has 0 radical (unpaired) electrons. The fourth-order valence-electron chi connectivity index (χ4n) is 8.63. The monoisotopic (exact) mass is 594 g/mol. The lowest BCUT2D eigenvalue weighted by Crippen LogP contribution is -2.54. The zero-order valence-corrected chi connectivity index (χ0v) is 23.9. The van der Waals surface area contributed by atoms with Gasteiger partial charge in [0.25, 0.3) is 11.8 Å². The summed E-state index contributed by atoms with van der Waals surface area (Å²) in [6.45, 7) is 0. The SMILES string of the molecule is O=C1[C@@H]2C3CCC(CC3)N2C(=O)N1c1noc2ccccc12.O=C1[C@H]2C3CCC(CC3)N2C(=O)N1c1noc2ccccc12. The van der Waals surface area contributed by atoms with Crippen LogP contribution in [-0.2, 0) is 9.59 Å². The van der Waals surface area contributed by atoms with E-state index in [-0.39, 0.29) is 48.0 Å². The predicted octanol–water partition coefficient (Wildman–Crippen LogP) is 5.07. The van der Waals surface area contributed by atoms with Gasteiger partial charge in [-0.25, -0.2) is 19.4 Å². The first-order valence-electron chi connectivity index (χ1n) is 15.5. The second-order valence-corrected chi connectivity index (χ2v) is 12.8. The average Bonchev–Trinajstić information content (AvgIpc) is 3.82. The molecule has 8 heterocycles. The number of nitrogens with zero attached hydrogens (tertiary/aromatic N) is 6. The highest BCUT2D eigenvalue weighted by atomic mass is 16.5. The molecule has 6 aliphatic heterocycles. The number of imide groups is 2. The smallest absolute Gasteiger partial charge is 0.333 e. The number of piperidine rings is 4. The molecule has 2 aromatic carbocycles. The molecule has 0 N–H and O–H groups in total. The van der Waals surface area contributed by atoms with E-state index in [1.54, 1.807) is 21.9 Å². The van der Waals surface area contributed by atoms with Crippen LogP contribution in [0, 0.1) is 11.8 Å². The van der Waals surface area contributed by atoms with Crippen LogP contribution in [-0.4, -0.2) is 68.2 Å². The van der Waals surface area contributed by atoms with Gasteiger partial charge in [0.2, 0.25) is 0 Å². The number of anilines is 2. The Morgan fingerprint density at radius 1 is 0.545 bits per heavy atom. The van der Waals surface area contributed by atoms with E-state index < -0.39 is 0 Å². The molecule has 8 aliphatic rings. The van der Waals surface area contributed by atoms with E-state index in [1.807, 2.05) is 36.4 Å². The molecule has 0 spiro atoms. The van der Waals surface area contributed by atoms with Gasteiger partial charge in [-0.05, 0) is 87.5 Å². The van der Waals surface area contributed by atoms with Crippen molar-refractivity contribution in [2.75, 3.05) is 9.80 Å². The number of hydrogen-bond donors (Lipinski definition) is 0. The van der Waals surface area contributed by atoms with Gasteiger partial charge in [0.1, 0.15) is 12.1 Å². The summed E-state index contributed by atoms with van der Waals surface area (Å²) in [7, 11) is 0. The maximum absolute atomic E-state index is 12.9. The third-order valence-electron chi connectivity index (χ3n) is 10.7. The van der Waals surface area contributed by atoms with Crippen LogP contribution in [0.2, 0.25) is 0 Å². The van der Waals surface area contributed by atoms with Crippen molar-refractivity contribution in [1.82, 2.24) is 20.1 Å². The van der Waals surface area contributed by atoms with E-state index in [0.717, 1.165) is 51.4 Å². The maximum atomic E-state index is 12.9. The molecule has 6 saturated heterocycles. The van der Waals surface area contributed by atoms with E-state index >= 15 is 0 Å². The Labute approximate surface area is 251 Å². The quantitative estimate of drug-likeness (QED) is 0.294. The Morgan fingerprint density at radius 3 is 1.32 bits per heavy atom. The van der Waals surface area contributed by atoms with Gasteiger partial charge < -0.3 is 18.8 Å². The fraction of sp³-hybridized carbons (Fsp3) is 0.438. The lowest BCUT2D eigenvalue weighted by molar-refractivity contribution is -0.125. The van der Waals surface area contributed by atoms with Crippen molar-refractivity contribution in [1.29, 1.82) is 0 Å². The molecule has 8 fully saturated rings. The standard InChI is InChI=1S/2C16H15N3O3/c2*20-15-13-9-5-7-10(8-6-9)18(13)16(21)19(15)14-11-3-1-2-4-12(11)22-17-14/h2*1-4,9-10,13H,5-8H2/t2*9?,10?,13-/m10/s1. The van der Waals surface area contributed by atoms with Gasteiger partial charge in [-0.15, -0.1) is 0 Å². The minimum absolute atomic E-state index is 0.140. The van der Waals surface area contributed by atoms with Gasteiger partial charge in [-0.1, -0.05) is 34.6 Å². The molecule has 12 rings (SSSR count). The number of benzene rings is 2. The number of carbonyl (C=O) groups excluding carboxylic acids is 4. The summed E-state index contributed by atoms with van der Waals surface area (Å²) in [5.74, 6) is 0.977. The van der Waals surface area contributed by atoms with Crippen LogP contribution in [0.25, 0.3) is 21.9 Å². The summed E-state index contributed by atoms with van der Waals surface area (Å²) in [6.07, 6.45) is 8.19. The predicted molar refractivity (Wildman–Crippen MR) is 157 cm³/mol. The number of urea groups is 2. The number of hydrogen-bond acceptors (Lipinski definition) is 8. The minimum atomic E-state index is -0.296. The molecule has 2 saturated carbocycles. The third-order valence-corrected chi connectivity index (χ3v) is 10.7. The van der Waals surface area contributed by atoms with Crippen molar-refractivity contribution in [3.05, 3.63) is 48.5 Å². The lowest BCUT2D eigenvalue weighted by Gasteiger charge is -2.45. The largest absolute Gasteiger partial charge is 0.354 e. The third kappa shape index (κ3) is 3.44. The molecule has 224 valence electrons. The van der Waals surface area contributed by atoms with Crippen molar-refractivity contribution < 1.29 is 28.2 Å². The van der Waals surface area contributed by atoms with Crippen LogP contribution >= 0.6 is 0 Å². The fourth-order valence-corrected chi connectivity index (χ4v) is 8.63. The Balaban J connectivity index is 0.000000123. The van der Waals surface area contributed by atoms with Crippen LogP contribution in [0.3, 0.4) is 0 Å². The second-order valence-electron chi connectivity index (χ2n) is 12.8. The number of carbonyl (C=O) groups is 4. The summed E-state index contributed by atoms with van der Waals surface area (Å²) in [6, 6.07) is 14.0. The molecule has 0 unspecified atom stereocenters. The molecule has 4 aromatic rings. The number of amides is 6. The van der Waals surface area contributed by atoms with Crippen molar-refractivity contribution in [2.24, 2.45) is 11.8 Å². The number of fused-ring (bicyclic) bond motifs is 6. The van der Waals surface area contributed by atoms with Crippen LogP contribution in [0.5, 0.6) is 0 Å². The zero-order valence-electron chi connectivity index (χ0n) is 23.9. The molecular weight excluding hydrogens is 564 g/mol. The average molecular weight is 595 g/mol. The van der Waals surface area contributed by atoms with E-state index in [9.17, 15) is 19.2 Å². The molecule has 12 heteroatoms. The number of rotatable bonds is 2. The highest BCUT2D eigenvalue weighted by Crippen LogP contribution is 2.46. The Morgan fingerprint density at radius 2 is 0.932 bits per heavy atom. The van der Waals surface area contributed by atoms with Gasteiger partial charge in [0, 0.05) is 12.1 Å². The van der Waals surface area contributed by atoms with Gasteiger partial charge in [-0.2, -0.15) is 0 Å². The van der Waals surface area contributed by atoms with Crippen molar-refractivity contribution in [3.8, 4) is 0 Å². The summed E-state index contributed by atoms with van der Waals surface area (Å²) < 4.78 is 10.5. The van der Waals surface area contributed by atoms with Crippen molar-refractivity contribution in [2.45, 2.75) is 75.5 Å². The summed E-state index contributed by atoms with van der Waals surface area (Å²) in [4.78, 5) is 57.4. The molecule has 12 nitrogen and oxygen atoms in total. The zero-order chi connectivity index (χ0) is 29.7. The first-order valence-corrected chi connectivity index (χ1v) is 15.5. The van der Waals surface area contributed by atoms with E-state index in [2.05, 4.69) is 10.3 Å². The van der Waals surface area contributed by atoms with E-state index in [4.69, 9.17) is 9.05 Å². The van der Waals surface area contributed by atoms with Gasteiger partial charge >= 0.3 is 12.1 Å². The highest BCUT2D eigenvalue weighted by molar-refractivity contribution is 6.24. The minimum Gasteiger partial charge on any atom is -0.354 e. The second kappa shape index (κ2) is 9.38. The Kier molecular flexibility index (Phi) is 5.48. The molecule has 6 amide bonds. The van der Waals surface area contributed by atoms with E-state index in [1.165, 1.54) is 9.80 Å². The summed E-state index contributed by atoms with van der Waals surface area (Å²) in [5.41, 5.74) is 1.18. The molecule has 2 aromatic heterocycles. The number of aromatic nitrogens is 2. The van der Waals surface area contributed by atoms with Crippen LogP contribution < -0.4 is 9.80 Å². The molecule has 2 atom stereocenters. The molecule has 2 aliphatic carbocycles. The maximum Gasteiger partial charge on any atom is 0.333 e. The Bertz CT molecular complexity index is 1660. The van der Waals surface area contributed by atoms with Crippen LogP contribution in [0.1, 0.15) is 51.4 Å². The first-order chi connectivity index (χ1) is 21.5. The van der Waals surface area contributed by atoms with E-state index in [0.29, 0.717) is 45.4 Å². The van der Waals surface area contributed by atoms with Crippen LogP contribution in [0.15, 0.2) is 57.6 Å². The van der Waals surface area contributed by atoms with Crippen molar-refractivity contribution in [3.63, 3.8) is 0 Å². The van der Waals surface area contributed by atoms with Gasteiger partial charge in [0.15, 0.2) is 22.8 Å². The van der Waals surface area contributed by atoms with Gasteiger partial charge in [0.05, 0.1) is 10.8 Å².